The van der Waals surface area contributed by atoms with E-state index in [0.717, 1.165) is 34.7 Å². The van der Waals surface area contributed by atoms with Crippen LogP contribution in [0.15, 0.2) is 0 Å². The van der Waals surface area contributed by atoms with Crippen molar-refractivity contribution in [3.05, 3.63) is 10.6 Å². The summed E-state index contributed by atoms with van der Waals surface area (Å²) in [6, 6.07) is 0. The number of aromatic nitrogens is 1. The highest BCUT2D eigenvalue weighted by Crippen LogP contribution is 2.31. The second-order valence-electron chi connectivity index (χ2n) is 4.82. The number of piperidine rings is 1. The molecule has 2 rings (SSSR count). The number of nitrogens with zero attached hydrogens (tertiary/aromatic N) is 2. The van der Waals surface area contributed by atoms with E-state index < -0.39 is 0 Å². The first kappa shape index (κ1) is 13.8. The highest BCUT2D eigenvalue weighted by atomic mass is 32.1. The Balaban J connectivity index is 2.12. The molecular formula is C13H22N2O2S. The molecule has 1 atom stereocenters. The van der Waals surface area contributed by atoms with Gasteiger partial charge in [-0.3, -0.25) is 0 Å². The summed E-state index contributed by atoms with van der Waals surface area (Å²) in [5, 5.41) is 10.4. The lowest BCUT2D eigenvalue weighted by Crippen LogP contribution is -2.35. The zero-order valence-corrected chi connectivity index (χ0v) is 12.0. The first-order valence-corrected chi connectivity index (χ1v) is 7.43. The van der Waals surface area contributed by atoms with E-state index in [1.807, 2.05) is 0 Å². The SMILES string of the molecule is CCC1CCCN(c2nc(COC)c(CO)s2)C1. The van der Waals surface area contributed by atoms with Gasteiger partial charge in [-0.15, -0.1) is 0 Å². The van der Waals surface area contributed by atoms with Crippen molar-refractivity contribution in [2.24, 2.45) is 5.92 Å². The van der Waals surface area contributed by atoms with Crippen LogP contribution in [0.5, 0.6) is 0 Å². The van der Waals surface area contributed by atoms with Gasteiger partial charge in [0.05, 0.1) is 23.8 Å². The molecule has 18 heavy (non-hydrogen) atoms. The number of thiazole rings is 1. The summed E-state index contributed by atoms with van der Waals surface area (Å²) >= 11 is 1.60. The maximum Gasteiger partial charge on any atom is 0.185 e. The zero-order valence-electron chi connectivity index (χ0n) is 11.2. The molecule has 2 heterocycles. The molecule has 0 aromatic carbocycles. The number of rotatable bonds is 5. The van der Waals surface area contributed by atoms with Crippen molar-refractivity contribution in [3.63, 3.8) is 0 Å². The molecule has 0 aliphatic carbocycles. The van der Waals surface area contributed by atoms with Gasteiger partial charge in [0.2, 0.25) is 0 Å². The second-order valence-corrected chi connectivity index (χ2v) is 5.88. The van der Waals surface area contributed by atoms with E-state index in [9.17, 15) is 5.11 Å². The van der Waals surface area contributed by atoms with Crippen molar-refractivity contribution in [1.29, 1.82) is 0 Å². The lowest BCUT2D eigenvalue weighted by molar-refractivity contribution is 0.179. The summed E-state index contributed by atoms with van der Waals surface area (Å²) in [5.41, 5.74) is 0.888. The predicted molar refractivity (Wildman–Crippen MR) is 74.0 cm³/mol. The molecule has 1 aliphatic rings. The Morgan fingerprint density at radius 3 is 3.06 bits per heavy atom. The molecule has 0 spiro atoms. The molecule has 0 saturated carbocycles. The summed E-state index contributed by atoms with van der Waals surface area (Å²) in [7, 11) is 1.66. The van der Waals surface area contributed by atoms with Crippen molar-refractivity contribution in [1.82, 2.24) is 4.98 Å². The van der Waals surface area contributed by atoms with Crippen LogP contribution in [-0.2, 0) is 18.0 Å². The van der Waals surface area contributed by atoms with Crippen LogP contribution in [0.3, 0.4) is 0 Å². The molecule has 102 valence electrons. The Bertz CT molecular complexity index is 381. The average Bonchev–Trinajstić information content (AvgIpc) is 2.82. The van der Waals surface area contributed by atoms with Crippen LogP contribution in [0.1, 0.15) is 36.8 Å². The maximum absolute atomic E-state index is 9.35. The van der Waals surface area contributed by atoms with Crippen LogP contribution in [0.4, 0.5) is 5.13 Å². The van der Waals surface area contributed by atoms with Gasteiger partial charge in [0.25, 0.3) is 0 Å². The lowest BCUT2D eigenvalue weighted by Gasteiger charge is -2.31. The minimum Gasteiger partial charge on any atom is -0.391 e. The van der Waals surface area contributed by atoms with Gasteiger partial charge in [0.1, 0.15) is 0 Å². The van der Waals surface area contributed by atoms with E-state index in [1.54, 1.807) is 18.4 Å². The van der Waals surface area contributed by atoms with Crippen LogP contribution in [0, 0.1) is 5.92 Å². The van der Waals surface area contributed by atoms with Crippen molar-refractivity contribution < 1.29 is 9.84 Å². The van der Waals surface area contributed by atoms with Gasteiger partial charge in [-0.1, -0.05) is 24.7 Å². The molecule has 4 nitrogen and oxygen atoms in total. The van der Waals surface area contributed by atoms with E-state index in [2.05, 4.69) is 16.8 Å². The van der Waals surface area contributed by atoms with Crippen LogP contribution in [0.2, 0.25) is 0 Å². The fourth-order valence-corrected chi connectivity index (χ4v) is 3.41. The first-order chi connectivity index (χ1) is 8.78. The molecule has 5 heteroatoms. The van der Waals surface area contributed by atoms with E-state index in [0.29, 0.717) is 6.61 Å². The summed E-state index contributed by atoms with van der Waals surface area (Å²) in [4.78, 5) is 7.92. The minimum absolute atomic E-state index is 0.0570. The average molecular weight is 270 g/mol. The van der Waals surface area contributed by atoms with Gasteiger partial charge in [0, 0.05) is 20.2 Å². The second kappa shape index (κ2) is 6.50. The number of aliphatic hydroxyl groups excluding tert-OH is 1. The summed E-state index contributed by atoms with van der Waals surface area (Å²) < 4.78 is 5.13. The number of aliphatic hydroxyl groups is 1. The Hall–Kier alpha value is -0.650. The molecule has 0 amide bonds. The van der Waals surface area contributed by atoms with Crippen LogP contribution in [0.25, 0.3) is 0 Å². The Labute approximate surface area is 113 Å². The third-order valence-corrected chi connectivity index (χ3v) is 4.70. The van der Waals surface area contributed by atoms with E-state index in [4.69, 9.17) is 4.74 Å². The van der Waals surface area contributed by atoms with Crippen LogP contribution < -0.4 is 4.90 Å². The maximum atomic E-state index is 9.35. The third-order valence-electron chi connectivity index (χ3n) is 3.56. The molecule has 0 bridgehead atoms. The summed E-state index contributed by atoms with van der Waals surface area (Å²) in [6.07, 6.45) is 3.81. The first-order valence-electron chi connectivity index (χ1n) is 6.61. The zero-order chi connectivity index (χ0) is 13.0. The van der Waals surface area contributed by atoms with Crippen LogP contribution >= 0.6 is 11.3 Å². The van der Waals surface area contributed by atoms with Gasteiger partial charge in [-0.25, -0.2) is 4.98 Å². The largest absolute Gasteiger partial charge is 0.391 e. The monoisotopic (exact) mass is 270 g/mol. The van der Waals surface area contributed by atoms with Crippen molar-refractivity contribution in [2.45, 2.75) is 39.4 Å². The summed E-state index contributed by atoms with van der Waals surface area (Å²) in [6.45, 7) is 4.98. The van der Waals surface area contributed by atoms with E-state index >= 15 is 0 Å². The molecular weight excluding hydrogens is 248 g/mol. The number of methoxy groups -OCH3 is 1. The third kappa shape index (κ3) is 3.02. The highest BCUT2D eigenvalue weighted by Gasteiger charge is 2.22. The van der Waals surface area contributed by atoms with Gasteiger partial charge >= 0.3 is 0 Å². The standard InChI is InChI=1S/C13H22N2O2S/c1-3-10-5-4-6-15(7-10)13-14-11(9-17-2)12(8-16)18-13/h10,16H,3-9H2,1-2H3. The molecule has 1 N–H and O–H groups in total. The van der Waals surface area contributed by atoms with Gasteiger partial charge < -0.3 is 14.7 Å². The van der Waals surface area contributed by atoms with Crippen LogP contribution in [-0.4, -0.2) is 30.3 Å². The molecule has 0 radical (unpaired) electrons. The number of hydrogen-bond donors (Lipinski definition) is 1. The normalized spacial score (nSPS) is 20.4. The summed E-state index contributed by atoms with van der Waals surface area (Å²) in [5.74, 6) is 0.783. The number of hydrogen-bond acceptors (Lipinski definition) is 5. The Kier molecular flexibility index (Phi) is 4.97. The quantitative estimate of drug-likeness (QED) is 0.892. The minimum atomic E-state index is 0.0570. The Morgan fingerprint density at radius 1 is 1.56 bits per heavy atom. The molecule has 1 aromatic heterocycles. The topological polar surface area (TPSA) is 45.6 Å². The number of ether oxygens (including phenoxy) is 1. The highest BCUT2D eigenvalue weighted by molar-refractivity contribution is 7.15. The van der Waals surface area contributed by atoms with E-state index in [1.165, 1.54) is 19.3 Å². The van der Waals surface area contributed by atoms with Gasteiger partial charge in [-0.2, -0.15) is 0 Å². The number of anilines is 1. The van der Waals surface area contributed by atoms with E-state index in [-0.39, 0.29) is 6.61 Å². The smallest absolute Gasteiger partial charge is 0.185 e. The molecule has 1 saturated heterocycles. The lowest BCUT2D eigenvalue weighted by atomic mass is 9.96. The molecule has 1 aliphatic heterocycles. The molecule has 1 unspecified atom stereocenters. The Morgan fingerprint density at radius 2 is 2.39 bits per heavy atom. The van der Waals surface area contributed by atoms with Crippen molar-refractivity contribution >= 4 is 16.5 Å². The van der Waals surface area contributed by atoms with Gasteiger partial charge in [0.15, 0.2) is 5.13 Å². The predicted octanol–water partition coefficient (Wildman–Crippen LogP) is 2.41. The molecule has 1 fully saturated rings. The van der Waals surface area contributed by atoms with Gasteiger partial charge in [-0.05, 0) is 18.8 Å². The fraction of sp³-hybridized carbons (Fsp3) is 0.769. The van der Waals surface area contributed by atoms with Crippen molar-refractivity contribution in [2.75, 3.05) is 25.1 Å². The molecule has 1 aromatic rings. The fourth-order valence-electron chi connectivity index (χ4n) is 2.45. The van der Waals surface area contributed by atoms with Crippen molar-refractivity contribution in [3.8, 4) is 0 Å².